The molecule has 29 heavy (non-hydrogen) atoms. The molecule has 0 heterocycles. The van der Waals surface area contributed by atoms with Gasteiger partial charge in [-0.05, 0) is 30.7 Å². The van der Waals surface area contributed by atoms with Crippen molar-refractivity contribution in [2.75, 3.05) is 32.1 Å². The molecule has 0 unspecified atom stereocenters. The van der Waals surface area contributed by atoms with Crippen LogP contribution in [-0.4, -0.2) is 45.4 Å². The zero-order chi connectivity index (χ0) is 21.4. The van der Waals surface area contributed by atoms with Gasteiger partial charge in [0.25, 0.3) is 0 Å². The maximum Gasteiger partial charge on any atom is 0.243 e. The minimum absolute atomic E-state index is 0.0116. The first-order valence-electron chi connectivity index (χ1n) is 9.59. The van der Waals surface area contributed by atoms with E-state index in [4.69, 9.17) is 4.74 Å². The van der Waals surface area contributed by atoms with Crippen LogP contribution >= 0.6 is 0 Å². The Bertz CT molecular complexity index is 913. The van der Waals surface area contributed by atoms with Crippen LogP contribution in [0.4, 0.5) is 5.69 Å². The molecule has 2 aromatic carbocycles. The van der Waals surface area contributed by atoms with Gasteiger partial charge >= 0.3 is 0 Å². The quantitative estimate of drug-likeness (QED) is 0.618. The molecule has 2 aromatic rings. The second-order valence-electron chi connectivity index (χ2n) is 6.50. The minimum Gasteiger partial charge on any atom is -0.495 e. The highest BCUT2D eigenvalue weighted by atomic mass is 32.2. The molecule has 0 aliphatic heterocycles. The Morgan fingerprint density at radius 3 is 2.34 bits per heavy atom. The van der Waals surface area contributed by atoms with E-state index in [1.54, 1.807) is 19.9 Å². The van der Waals surface area contributed by atoms with Gasteiger partial charge in [-0.2, -0.15) is 4.31 Å². The summed E-state index contributed by atoms with van der Waals surface area (Å²) in [5.41, 5.74) is 1.45. The maximum absolute atomic E-state index is 12.8. The van der Waals surface area contributed by atoms with Crippen molar-refractivity contribution in [1.29, 1.82) is 0 Å². The van der Waals surface area contributed by atoms with E-state index in [1.807, 2.05) is 37.3 Å². The fourth-order valence-electron chi connectivity index (χ4n) is 2.99. The van der Waals surface area contributed by atoms with Gasteiger partial charge in [0, 0.05) is 13.1 Å². The molecular formula is C21H29N3O4S. The van der Waals surface area contributed by atoms with Crippen molar-refractivity contribution in [2.45, 2.75) is 31.7 Å². The van der Waals surface area contributed by atoms with Gasteiger partial charge in [-0.15, -0.1) is 0 Å². The van der Waals surface area contributed by atoms with Crippen LogP contribution in [0.25, 0.3) is 0 Å². The van der Waals surface area contributed by atoms with Crippen LogP contribution in [0.15, 0.2) is 53.4 Å². The second kappa shape index (κ2) is 10.3. The van der Waals surface area contributed by atoms with Crippen molar-refractivity contribution in [1.82, 2.24) is 9.62 Å². The Balaban J connectivity index is 2.12. The van der Waals surface area contributed by atoms with Crippen LogP contribution in [0, 0.1) is 0 Å². The molecule has 0 spiro atoms. The molecule has 2 N–H and O–H groups in total. The van der Waals surface area contributed by atoms with E-state index >= 15 is 0 Å². The zero-order valence-corrected chi connectivity index (χ0v) is 18.1. The van der Waals surface area contributed by atoms with Crippen LogP contribution in [-0.2, 0) is 14.8 Å². The lowest BCUT2D eigenvalue weighted by Gasteiger charge is -2.20. The molecular weight excluding hydrogens is 390 g/mol. The van der Waals surface area contributed by atoms with Crippen LogP contribution in [0.1, 0.15) is 32.4 Å². The lowest BCUT2D eigenvalue weighted by molar-refractivity contribution is -0.120. The summed E-state index contributed by atoms with van der Waals surface area (Å²) in [5, 5.41) is 5.90. The molecule has 2 rings (SSSR count). The van der Waals surface area contributed by atoms with E-state index in [-0.39, 0.29) is 23.4 Å². The van der Waals surface area contributed by atoms with Gasteiger partial charge in [-0.25, -0.2) is 8.42 Å². The van der Waals surface area contributed by atoms with E-state index < -0.39 is 10.0 Å². The highest BCUT2D eigenvalue weighted by Crippen LogP contribution is 2.28. The van der Waals surface area contributed by atoms with Crippen molar-refractivity contribution < 1.29 is 17.9 Å². The molecule has 0 radical (unpaired) electrons. The Hall–Kier alpha value is -2.58. The van der Waals surface area contributed by atoms with Crippen LogP contribution in [0.5, 0.6) is 5.75 Å². The lowest BCUT2D eigenvalue weighted by Crippen LogP contribution is -2.32. The third kappa shape index (κ3) is 5.71. The molecule has 8 heteroatoms. The number of benzene rings is 2. The summed E-state index contributed by atoms with van der Waals surface area (Å²) >= 11 is 0. The number of amides is 1. The van der Waals surface area contributed by atoms with Crippen LogP contribution in [0.3, 0.4) is 0 Å². The van der Waals surface area contributed by atoms with E-state index in [0.717, 1.165) is 5.56 Å². The molecule has 1 amide bonds. The molecule has 0 aliphatic carbocycles. The van der Waals surface area contributed by atoms with Gasteiger partial charge in [-0.1, -0.05) is 44.2 Å². The standard InChI is InChI=1S/C21H29N3O4S/c1-5-24(6-2)29(26,27)18-12-13-20(28-4)19(14-18)22-15-21(25)23-16(3)17-10-8-7-9-11-17/h7-14,16,22H,5-6,15H2,1-4H3,(H,23,25)/t16-/m1/s1. The predicted octanol–water partition coefficient (Wildman–Crippen LogP) is 3.02. The summed E-state index contributed by atoms with van der Waals surface area (Å²) in [6.45, 7) is 6.25. The van der Waals surface area contributed by atoms with Gasteiger partial charge < -0.3 is 15.4 Å². The number of sulfonamides is 1. The summed E-state index contributed by atoms with van der Waals surface area (Å²) < 4.78 is 32.2. The fourth-order valence-corrected chi connectivity index (χ4v) is 4.48. The molecule has 0 saturated carbocycles. The third-order valence-corrected chi connectivity index (χ3v) is 6.68. The summed E-state index contributed by atoms with van der Waals surface area (Å²) in [6.07, 6.45) is 0. The first-order chi connectivity index (χ1) is 13.8. The number of nitrogens with zero attached hydrogens (tertiary/aromatic N) is 1. The first kappa shape index (κ1) is 22.7. The maximum atomic E-state index is 12.8. The normalized spacial score (nSPS) is 12.4. The molecule has 0 aromatic heterocycles. The first-order valence-corrected chi connectivity index (χ1v) is 11.0. The van der Waals surface area contributed by atoms with Crippen molar-refractivity contribution in [2.24, 2.45) is 0 Å². The van der Waals surface area contributed by atoms with Crippen LogP contribution in [0.2, 0.25) is 0 Å². The minimum atomic E-state index is -3.61. The molecule has 0 aliphatic rings. The average molecular weight is 420 g/mol. The van der Waals surface area contributed by atoms with E-state index in [2.05, 4.69) is 10.6 Å². The highest BCUT2D eigenvalue weighted by molar-refractivity contribution is 7.89. The van der Waals surface area contributed by atoms with Crippen LogP contribution < -0.4 is 15.4 Å². The highest BCUT2D eigenvalue weighted by Gasteiger charge is 2.23. The molecule has 0 bridgehead atoms. The Morgan fingerprint density at radius 1 is 1.10 bits per heavy atom. The average Bonchev–Trinajstić information content (AvgIpc) is 2.73. The number of hydrogen-bond acceptors (Lipinski definition) is 5. The zero-order valence-electron chi connectivity index (χ0n) is 17.3. The van der Waals surface area contributed by atoms with Crippen molar-refractivity contribution >= 4 is 21.6 Å². The summed E-state index contributed by atoms with van der Waals surface area (Å²) in [5.74, 6) is 0.257. The van der Waals surface area contributed by atoms with Gasteiger partial charge in [0.2, 0.25) is 15.9 Å². The summed E-state index contributed by atoms with van der Waals surface area (Å²) in [4.78, 5) is 12.5. The monoisotopic (exact) mass is 419 g/mol. The number of nitrogens with one attached hydrogen (secondary N) is 2. The SMILES string of the molecule is CCN(CC)S(=O)(=O)c1ccc(OC)c(NCC(=O)N[C@H](C)c2ccccc2)c1. The molecule has 7 nitrogen and oxygen atoms in total. The number of hydrogen-bond donors (Lipinski definition) is 2. The number of ether oxygens (including phenoxy) is 1. The van der Waals surface area contributed by atoms with Gasteiger partial charge in [0.05, 0.1) is 30.3 Å². The topological polar surface area (TPSA) is 87.7 Å². The van der Waals surface area contributed by atoms with Gasteiger partial charge in [0.1, 0.15) is 5.75 Å². The van der Waals surface area contributed by atoms with Crippen molar-refractivity contribution in [3.8, 4) is 5.75 Å². The van der Waals surface area contributed by atoms with E-state index in [9.17, 15) is 13.2 Å². The number of rotatable bonds is 10. The molecule has 0 fully saturated rings. The number of carbonyl (C=O) groups excluding carboxylic acids is 1. The van der Waals surface area contributed by atoms with Gasteiger partial charge in [-0.3, -0.25) is 4.79 Å². The molecule has 1 atom stereocenters. The number of anilines is 1. The number of carbonyl (C=O) groups is 1. The summed E-state index contributed by atoms with van der Waals surface area (Å²) in [6, 6.07) is 14.1. The largest absolute Gasteiger partial charge is 0.495 e. The van der Waals surface area contributed by atoms with E-state index in [1.165, 1.54) is 23.5 Å². The van der Waals surface area contributed by atoms with Crippen molar-refractivity contribution in [3.05, 3.63) is 54.1 Å². The lowest BCUT2D eigenvalue weighted by atomic mass is 10.1. The Morgan fingerprint density at radius 2 is 1.76 bits per heavy atom. The molecule has 0 saturated heterocycles. The van der Waals surface area contributed by atoms with E-state index in [0.29, 0.717) is 24.5 Å². The Labute approximate surface area is 173 Å². The number of methoxy groups -OCH3 is 1. The van der Waals surface area contributed by atoms with Gasteiger partial charge in [0.15, 0.2) is 0 Å². The molecule has 158 valence electrons. The summed E-state index contributed by atoms with van der Waals surface area (Å²) in [7, 11) is -2.11. The fraction of sp³-hybridized carbons (Fsp3) is 0.381. The predicted molar refractivity (Wildman–Crippen MR) is 115 cm³/mol. The van der Waals surface area contributed by atoms with Crippen molar-refractivity contribution in [3.63, 3.8) is 0 Å². The Kier molecular flexibility index (Phi) is 8.04. The second-order valence-corrected chi connectivity index (χ2v) is 8.44. The smallest absolute Gasteiger partial charge is 0.243 e. The third-order valence-electron chi connectivity index (χ3n) is 4.63.